The molecular weight excluding hydrogens is 338 g/mol. The van der Waals surface area contributed by atoms with Gasteiger partial charge in [0, 0.05) is 24.2 Å². The molecular formula is C22H29N3O2. The molecule has 4 rings (SSSR count). The number of rotatable bonds is 4. The molecule has 2 atom stereocenters. The maximum absolute atomic E-state index is 12.5. The summed E-state index contributed by atoms with van der Waals surface area (Å²) in [7, 11) is 1.65. The molecule has 5 nitrogen and oxygen atoms in total. The highest BCUT2D eigenvalue weighted by Crippen LogP contribution is 2.52. The van der Waals surface area contributed by atoms with E-state index >= 15 is 0 Å². The smallest absolute Gasteiger partial charge is 0.268 e. The van der Waals surface area contributed by atoms with Crippen LogP contribution in [-0.4, -0.2) is 34.4 Å². The summed E-state index contributed by atoms with van der Waals surface area (Å²) in [5, 5.41) is 4.67. The van der Waals surface area contributed by atoms with Crippen LogP contribution in [0, 0.1) is 10.8 Å². The van der Waals surface area contributed by atoms with Crippen LogP contribution in [-0.2, 0) is 6.67 Å². The minimum Gasteiger partial charge on any atom is -0.496 e. The SMILES string of the molecule is COc1ccccc1-c1ccc(=O)n(CN2C[C@]3(C)C[C@@H]2CC(C)(C)C3)n1. The molecule has 0 N–H and O–H groups in total. The van der Waals surface area contributed by atoms with Crippen molar-refractivity contribution in [3.63, 3.8) is 0 Å². The lowest BCUT2D eigenvalue weighted by Crippen LogP contribution is -2.38. The zero-order chi connectivity index (χ0) is 19.2. The molecule has 1 saturated heterocycles. The van der Waals surface area contributed by atoms with Crippen molar-refractivity contribution in [2.75, 3.05) is 13.7 Å². The number of aromatic nitrogens is 2. The molecule has 1 aliphatic carbocycles. The minimum atomic E-state index is -0.0560. The molecule has 2 bridgehead atoms. The number of hydrogen-bond donors (Lipinski definition) is 0. The normalized spacial score (nSPS) is 26.9. The van der Waals surface area contributed by atoms with Crippen molar-refractivity contribution in [2.45, 2.75) is 52.7 Å². The van der Waals surface area contributed by atoms with E-state index in [9.17, 15) is 4.79 Å². The predicted molar refractivity (Wildman–Crippen MR) is 107 cm³/mol. The molecule has 1 aromatic heterocycles. The fourth-order valence-electron chi connectivity index (χ4n) is 5.46. The standard InChI is InChI=1S/C22H29N3O2/c1-21(2)11-16-12-22(3,13-21)14-24(16)15-25-20(26)10-9-18(23-25)17-7-5-6-8-19(17)27-4/h5-10,16H,11-15H2,1-4H3/t16-,22+/m0/s1. The van der Waals surface area contributed by atoms with Gasteiger partial charge in [0.25, 0.3) is 5.56 Å². The van der Waals surface area contributed by atoms with E-state index in [1.54, 1.807) is 23.9 Å². The van der Waals surface area contributed by atoms with Gasteiger partial charge in [-0.15, -0.1) is 0 Å². The number of fused-ring (bicyclic) bond motifs is 2. The molecule has 1 aromatic carbocycles. The Kier molecular flexibility index (Phi) is 4.38. The van der Waals surface area contributed by atoms with Crippen molar-refractivity contribution in [3.8, 4) is 17.0 Å². The molecule has 0 radical (unpaired) electrons. The Balaban J connectivity index is 1.63. The lowest BCUT2D eigenvalue weighted by molar-refractivity contribution is 0.119. The Morgan fingerprint density at radius 2 is 1.93 bits per heavy atom. The van der Waals surface area contributed by atoms with Gasteiger partial charge in [0.1, 0.15) is 5.75 Å². The van der Waals surface area contributed by atoms with E-state index < -0.39 is 0 Å². The summed E-state index contributed by atoms with van der Waals surface area (Å²) in [5.41, 5.74) is 2.32. The molecule has 27 heavy (non-hydrogen) atoms. The van der Waals surface area contributed by atoms with Crippen molar-refractivity contribution in [1.82, 2.24) is 14.7 Å². The van der Waals surface area contributed by atoms with Gasteiger partial charge in [-0.05, 0) is 48.3 Å². The molecule has 1 aliphatic heterocycles. The first kappa shape index (κ1) is 18.2. The number of benzene rings is 1. The van der Waals surface area contributed by atoms with Crippen LogP contribution >= 0.6 is 0 Å². The van der Waals surface area contributed by atoms with Crippen molar-refractivity contribution in [2.24, 2.45) is 10.8 Å². The van der Waals surface area contributed by atoms with Crippen LogP contribution in [0.25, 0.3) is 11.3 Å². The highest BCUT2D eigenvalue weighted by Gasteiger charge is 2.49. The molecule has 0 spiro atoms. The zero-order valence-electron chi connectivity index (χ0n) is 16.7. The summed E-state index contributed by atoms with van der Waals surface area (Å²) in [5.74, 6) is 0.765. The van der Waals surface area contributed by atoms with E-state index in [4.69, 9.17) is 4.74 Å². The van der Waals surface area contributed by atoms with Crippen LogP contribution in [0.5, 0.6) is 5.75 Å². The van der Waals surface area contributed by atoms with Crippen molar-refractivity contribution in [3.05, 3.63) is 46.8 Å². The predicted octanol–water partition coefficient (Wildman–Crippen LogP) is 3.78. The number of ether oxygens (including phenoxy) is 1. The van der Waals surface area contributed by atoms with E-state index in [1.807, 2.05) is 24.3 Å². The van der Waals surface area contributed by atoms with Crippen molar-refractivity contribution in [1.29, 1.82) is 0 Å². The van der Waals surface area contributed by atoms with E-state index in [0.29, 0.717) is 23.5 Å². The van der Waals surface area contributed by atoms with Gasteiger partial charge in [0.2, 0.25) is 0 Å². The Hall–Kier alpha value is -2.14. The summed E-state index contributed by atoms with van der Waals surface area (Å²) < 4.78 is 7.07. The number of hydrogen-bond acceptors (Lipinski definition) is 4. The quantitative estimate of drug-likeness (QED) is 0.825. The third kappa shape index (κ3) is 3.53. The van der Waals surface area contributed by atoms with E-state index in [2.05, 4.69) is 30.8 Å². The molecule has 2 aromatic rings. The van der Waals surface area contributed by atoms with Gasteiger partial charge in [-0.25, -0.2) is 4.68 Å². The van der Waals surface area contributed by atoms with Crippen LogP contribution in [0.1, 0.15) is 40.0 Å². The van der Waals surface area contributed by atoms with Gasteiger partial charge in [-0.2, -0.15) is 5.10 Å². The maximum atomic E-state index is 12.5. The summed E-state index contributed by atoms with van der Waals surface area (Å²) >= 11 is 0. The first-order valence-electron chi connectivity index (χ1n) is 9.74. The Labute approximate surface area is 161 Å². The second kappa shape index (κ2) is 6.48. The molecule has 0 amide bonds. The Morgan fingerprint density at radius 1 is 1.15 bits per heavy atom. The van der Waals surface area contributed by atoms with Crippen molar-refractivity contribution < 1.29 is 4.74 Å². The summed E-state index contributed by atoms with van der Waals surface area (Å²) in [6.45, 7) is 8.72. The first-order valence-corrected chi connectivity index (χ1v) is 9.74. The minimum absolute atomic E-state index is 0.0560. The second-order valence-corrected chi connectivity index (χ2v) is 9.36. The fourth-order valence-corrected chi connectivity index (χ4v) is 5.46. The Morgan fingerprint density at radius 3 is 2.70 bits per heavy atom. The molecule has 2 aliphatic rings. The highest BCUT2D eigenvalue weighted by atomic mass is 16.5. The molecule has 0 unspecified atom stereocenters. The number of likely N-dealkylation sites (tertiary alicyclic amines) is 1. The second-order valence-electron chi connectivity index (χ2n) is 9.36. The molecule has 5 heteroatoms. The third-order valence-electron chi connectivity index (χ3n) is 6.09. The van der Waals surface area contributed by atoms with Crippen LogP contribution in [0.15, 0.2) is 41.2 Å². The maximum Gasteiger partial charge on any atom is 0.268 e. The van der Waals surface area contributed by atoms with Crippen molar-refractivity contribution >= 4 is 0 Å². The number of methoxy groups -OCH3 is 1. The average Bonchev–Trinajstić information content (AvgIpc) is 2.85. The topological polar surface area (TPSA) is 47.4 Å². The van der Waals surface area contributed by atoms with E-state index in [-0.39, 0.29) is 5.56 Å². The summed E-state index contributed by atoms with van der Waals surface area (Å²) in [6.07, 6.45) is 3.65. The Bertz CT molecular complexity index is 904. The lowest BCUT2D eigenvalue weighted by atomic mass is 9.65. The largest absolute Gasteiger partial charge is 0.496 e. The summed E-state index contributed by atoms with van der Waals surface area (Å²) in [4.78, 5) is 14.9. The summed E-state index contributed by atoms with van der Waals surface area (Å²) in [6, 6.07) is 11.7. The van der Waals surface area contributed by atoms with E-state index in [1.165, 1.54) is 19.3 Å². The average molecular weight is 367 g/mol. The molecule has 2 heterocycles. The molecule has 2 fully saturated rings. The van der Waals surface area contributed by atoms with Gasteiger partial charge in [0.15, 0.2) is 0 Å². The number of nitrogens with zero attached hydrogens (tertiary/aromatic N) is 3. The van der Waals surface area contributed by atoms with Gasteiger partial charge in [-0.1, -0.05) is 32.9 Å². The van der Waals surface area contributed by atoms with E-state index in [0.717, 1.165) is 23.6 Å². The first-order chi connectivity index (χ1) is 12.8. The van der Waals surface area contributed by atoms with Gasteiger partial charge < -0.3 is 4.74 Å². The third-order valence-corrected chi connectivity index (χ3v) is 6.09. The van der Waals surface area contributed by atoms with Crippen LogP contribution in [0.4, 0.5) is 0 Å². The van der Waals surface area contributed by atoms with Gasteiger partial charge in [-0.3, -0.25) is 9.69 Å². The lowest BCUT2D eigenvalue weighted by Gasteiger charge is -2.39. The van der Waals surface area contributed by atoms with Crippen LogP contribution in [0.2, 0.25) is 0 Å². The van der Waals surface area contributed by atoms with Crippen LogP contribution in [0.3, 0.4) is 0 Å². The van der Waals surface area contributed by atoms with Gasteiger partial charge in [0.05, 0.1) is 19.5 Å². The monoisotopic (exact) mass is 367 g/mol. The van der Waals surface area contributed by atoms with Gasteiger partial charge >= 0.3 is 0 Å². The van der Waals surface area contributed by atoms with Crippen LogP contribution < -0.4 is 10.3 Å². The zero-order valence-corrected chi connectivity index (χ0v) is 16.7. The highest BCUT2D eigenvalue weighted by molar-refractivity contribution is 5.66. The molecule has 1 saturated carbocycles. The molecule has 144 valence electrons. The fraction of sp³-hybridized carbons (Fsp3) is 0.545. The number of para-hydroxylation sites is 1.